The predicted molar refractivity (Wildman–Crippen MR) is 86.6 cm³/mol. The Labute approximate surface area is 133 Å². The van der Waals surface area contributed by atoms with Crippen molar-refractivity contribution in [3.63, 3.8) is 0 Å². The van der Waals surface area contributed by atoms with Crippen molar-refractivity contribution < 1.29 is 9.53 Å². The van der Waals surface area contributed by atoms with Crippen molar-refractivity contribution in [3.05, 3.63) is 65.0 Å². The van der Waals surface area contributed by atoms with Gasteiger partial charge in [-0.1, -0.05) is 24.3 Å². The number of fused-ring (bicyclic) bond motifs is 1. The van der Waals surface area contributed by atoms with Crippen molar-refractivity contribution in [3.8, 4) is 17.5 Å². The predicted octanol–water partition coefficient (Wildman–Crippen LogP) is 3.34. The molecule has 0 atom stereocenters. The van der Waals surface area contributed by atoms with Gasteiger partial charge in [-0.05, 0) is 35.4 Å². The normalized spacial score (nSPS) is 10.8. The summed E-state index contributed by atoms with van der Waals surface area (Å²) in [5.74, 6) is 0.175. The minimum atomic E-state index is -0.458. The van der Waals surface area contributed by atoms with Crippen LogP contribution in [0.3, 0.4) is 0 Å². The fourth-order valence-electron chi connectivity index (χ4n) is 2.24. The number of nitrogens with zero attached hydrogens (tertiary/aromatic N) is 2. The second-order valence-corrected chi connectivity index (χ2v) is 4.94. The lowest BCUT2D eigenvalue weighted by Crippen LogP contribution is -2.00. The van der Waals surface area contributed by atoms with Crippen molar-refractivity contribution >= 4 is 18.1 Å². The van der Waals surface area contributed by atoms with Gasteiger partial charge < -0.3 is 9.72 Å². The highest BCUT2D eigenvalue weighted by Crippen LogP contribution is 2.22. The molecule has 2 aliphatic rings. The molecular formula is C18H13N3O2. The molecule has 5 heteroatoms. The fourth-order valence-corrected chi connectivity index (χ4v) is 2.24. The van der Waals surface area contributed by atoms with Gasteiger partial charge in [0.25, 0.3) is 0 Å². The number of ether oxygens (including phenoxy) is 1. The molecule has 0 saturated heterocycles. The molecule has 112 valence electrons. The summed E-state index contributed by atoms with van der Waals surface area (Å²) in [4.78, 5) is 18.7. The van der Waals surface area contributed by atoms with Crippen molar-refractivity contribution in [1.29, 1.82) is 5.26 Å². The number of hydrogen-bond donors (Lipinski definition) is 1. The third-order valence-corrected chi connectivity index (χ3v) is 3.37. The van der Waals surface area contributed by atoms with E-state index in [2.05, 4.69) is 20.8 Å². The van der Waals surface area contributed by atoms with Crippen LogP contribution in [0.5, 0.6) is 0 Å². The summed E-state index contributed by atoms with van der Waals surface area (Å²) in [6.07, 6.45) is 5.66. The van der Waals surface area contributed by atoms with Gasteiger partial charge in [-0.3, -0.25) is 0 Å². The molecule has 0 spiro atoms. The van der Waals surface area contributed by atoms with E-state index in [1.807, 2.05) is 36.4 Å². The molecule has 0 amide bonds. The molecule has 0 bridgehead atoms. The number of esters is 1. The average molecular weight is 303 g/mol. The largest absolute Gasteiger partial charge is 0.464 e. The first-order valence-corrected chi connectivity index (χ1v) is 6.95. The number of aromatic nitrogens is 2. The summed E-state index contributed by atoms with van der Waals surface area (Å²) in [7, 11) is 1.33. The molecule has 23 heavy (non-hydrogen) atoms. The van der Waals surface area contributed by atoms with Crippen molar-refractivity contribution in [1.82, 2.24) is 9.97 Å². The molecule has 1 aromatic carbocycles. The van der Waals surface area contributed by atoms with Gasteiger partial charge in [0.2, 0.25) is 0 Å². The summed E-state index contributed by atoms with van der Waals surface area (Å²) in [6.45, 7) is 0. The zero-order chi connectivity index (χ0) is 16.2. The number of aromatic amines is 1. The topological polar surface area (TPSA) is 78.8 Å². The van der Waals surface area contributed by atoms with Gasteiger partial charge in [-0.15, -0.1) is 0 Å². The molecule has 0 saturated carbocycles. The molecule has 2 aliphatic heterocycles. The third-order valence-electron chi connectivity index (χ3n) is 3.37. The quantitative estimate of drug-likeness (QED) is 0.753. The molecule has 0 aliphatic carbocycles. The van der Waals surface area contributed by atoms with E-state index < -0.39 is 5.97 Å². The van der Waals surface area contributed by atoms with Crippen LogP contribution in [0, 0.1) is 11.3 Å². The van der Waals surface area contributed by atoms with E-state index in [4.69, 9.17) is 5.26 Å². The maximum Gasteiger partial charge on any atom is 0.356 e. The summed E-state index contributed by atoms with van der Waals surface area (Å²) in [6, 6.07) is 13.1. The highest BCUT2D eigenvalue weighted by molar-refractivity contribution is 5.90. The van der Waals surface area contributed by atoms with Gasteiger partial charge in [-0.25, -0.2) is 9.78 Å². The Bertz CT molecular complexity index is 903. The second-order valence-electron chi connectivity index (χ2n) is 4.94. The van der Waals surface area contributed by atoms with E-state index >= 15 is 0 Å². The smallest absolute Gasteiger partial charge is 0.356 e. The van der Waals surface area contributed by atoms with E-state index in [0.29, 0.717) is 11.4 Å². The van der Waals surface area contributed by atoms with Crippen LogP contribution in [-0.2, 0) is 4.74 Å². The van der Waals surface area contributed by atoms with E-state index in [0.717, 1.165) is 16.7 Å². The Morgan fingerprint density at radius 3 is 2.87 bits per heavy atom. The van der Waals surface area contributed by atoms with E-state index in [-0.39, 0.29) is 5.69 Å². The molecule has 0 fully saturated rings. The summed E-state index contributed by atoms with van der Waals surface area (Å²) < 4.78 is 4.67. The highest BCUT2D eigenvalue weighted by Gasteiger charge is 2.15. The van der Waals surface area contributed by atoms with E-state index in [1.54, 1.807) is 18.3 Å². The van der Waals surface area contributed by atoms with Crippen LogP contribution >= 0.6 is 0 Å². The first-order chi connectivity index (χ1) is 11.2. The molecule has 1 N–H and O–H groups in total. The maximum atomic E-state index is 11.5. The summed E-state index contributed by atoms with van der Waals surface area (Å²) in [5, 5.41) is 8.91. The SMILES string of the molecule is COC(=O)c1cc2cc(C=Cc3cccc(C#N)c3)c[nH]c-2n1. The molecular weight excluding hydrogens is 290 g/mol. The van der Waals surface area contributed by atoms with Gasteiger partial charge in [-0.2, -0.15) is 5.26 Å². The van der Waals surface area contributed by atoms with E-state index in [1.165, 1.54) is 7.11 Å². The van der Waals surface area contributed by atoms with Gasteiger partial charge in [0.15, 0.2) is 5.69 Å². The lowest BCUT2D eigenvalue weighted by molar-refractivity contribution is 0.0595. The number of carbonyl (C=O) groups excluding carboxylic acids is 1. The third kappa shape index (κ3) is 3.11. The molecule has 1 aromatic rings. The summed E-state index contributed by atoms with van der Waals surface area (Å²) >= 11 is 0. The first kappa shape index (κ1) is 14.5. The van der Waals surface area contributed by atoms with E-state index in [9.17, 15) is 4.79 Å². The minimum absolute atomic E-state index is 0.279. The number of H-pyrrole nitrogens is 1. The Hall–Kier alpha value is -3.39. The number of rotatable bonds is 3. The number of nitriles is 1. The van der Waals surface area contributed by atoms with Crippen LogP contribution in [0.25, 0.3) is 23.5 Å². The monoisotopic (exact) mass is 303 g/mol. The number of nitrogens with one attached hydrogen (secondary N) is 1. The van der Waals surface area contributed by atoms with Crippen LogP contribution in [0.4, 0.5) is 0 Å². The molecule has 0 unspecified atom stereocenters. The summed E-state index contributed by atoms with van der Waals surface area (Å²) in [5.41, 5.74) is 3.61. The first-order valence-electron chi connectivity index (χ1n) is 6.95. The Kier molecular flexibility index (Phi) is 3.89. The van der Waals surface area contributed by atoms with Crippen molar-refractivity contribution in [2.75, 3.05) is 7.11 Å². The standard InChI is InChI=1S/C18H13N3O2/c1-23-18(22)16-9-15-8-14(11-20-17(15)21-16)6-5-12-3-2-4-13(7-12)10-19/h2-9,11H,1H3,(H,20,21). The van der Waals surface area contributed by atoms with Gasteiger partial charge >= 0.3 is 5.97 Å². The van der Waals surface area contributed by atoms with Crippen molar-refractivity contribution in [2.45, 2.75) is 0 Å². The second kappa shape index (κ2) is 6.16. The van der Waals surface area contributed by atoms with Gasteiger partial charge in [0, 0.05) is 11.8 Å². The van der Waals surface area contributed by atoms with Crippen molar-refractivity contribution in [2.24, 2.45) is 0 Å². The lowest BCUT2D eigenvalue weighted by atomic mass is 10.1. The van der Waals surface area contributed by atoms with Crippen LogP contribution in [0.1, 0.15) is 27.2 Å². The number of hydrogen-bond acceptors (Lipinski definition) is 4. The molecule has 5 nitrogen and oxygen atoms in total. The Morgan fingerprint density at radius 2 is 2.09 bits per heavy atom. The molecule has 0 aromatic heterocycles. The Balaban J connectivity index is 1.89. The minimum Gasteiger partial charge on any atom is -0.464 e. The van der Waals surface area contributed by atoms with Gasteiger partial charge in [0.1, 0.15) is 5.82 Å². The number of carbonyl (C=O) groups is 1. The van der Waals surface area contributed by atoms with Crippen LogP contribution in [-0.4, -0.2) is 23.0 Å². The molecule has 2 heterocycles. The lowest BCUT2D eigenvalue weighted by Gasteiger charge is -2.00. The highest BCUT2D eigenvalue weighted by atomic mass is 16.5. The van der Waals surface area contributed by atoms with Gasteiger partial charge in [0.05, 0.1) is 18.7 Å². The fraction of sp³-hybridized carbons (Fsp3) is 0.0556. The maximum absolute atomic E-state index is 11.5. The Morgan fingerprint density at radius 1 is 1.26 bits per heavy atom. The van der Waals surface area contributed by atoms with Crippen LogP contribution in [0.2, 0.25) is 0 Å². The zero-order valence-corrected chi connectivity index (χ0v) is 12.4. The molecule has 3 rings (SSSR count). The van der Waals surface area contributed by atoms with Crippen LogP contribution < -0.4 is 0 Å². The number of methoxy groups -OCH3 is 1. The van der Waals surface area contributed by atoms with Crippen LogP contribution in [0.15, 0.2) is 42.6 Å². The average Bonchev–Trinajstić information content (AvgIpc) is 3.02. The number of benzene rings is 1. The number of pyridine rings is 1. The zero-order valence-electron chi connectivity index (χ0n) is 12.4. The molecule has 0 radical (unpaired) electrons.